The number of aromatic amines is 1. The van der Waals surface area contributed by atoms with Gasteiger partial charge in [-0.05, 0) is 17.7 Å². The highest BCUT2D eigenvalue weighted by molar-refractivity contribution is 5.88. The Morgan fingerprint density at radius 1 is 1.09 bits per heavy atom. The summed E-state index contributed by atoms with van der Waals surface area (Å²) in [5, 5.41) is 1.05. The fourth-order valence-corrected chi connectivity index (χ4v) is 2.55. The predicted octanol–water partition coefficient (Wildman–Crippen LogP) is 3.51. The number of hydrogen-bond acceptors (Lipinski definition) is 1. The summed E-state index contributed by atoms with van der Waals surface area (Å²) in [6.07, 6.45) is 2.16. The van der Waals surface area contributed by atoms with Crippen molar-refractivity contribution < 1.29 is 9.18 Å². The molecule has 4 heteroatoms. The number of para-hydroxylation sites is 1. The number of likely N-dealkylation sites (N-methyl/N-ethyl adjacent to an activating group) is 1. The van der Waals surface area contributed by atoms with E-state index in [4.69, 9.17) is 0 Å². The van der Waals surface area contributed by atoms with Crippen molar-refractivity contribution >= 4 is 16.8 Å². The summed E-state index contributed by atoms with van der Waals surface area (Å²) < 4.78 is 13.7. The molecule has 1 N–H and O–H groups in total. The van der Waals surface area contributed by atoms with Crippen molar-refractivity contribution in [1.29, 1.82) is 0 Å². The zero-order chi connectivity index (χ0) is 15.5. The maximum atomic E-state index is 13.7. The van der Waals surface area contributed by atoms with Crippen LogP contribution in [0.15, 0.2) is 54.7 Å². The summed E-state index contributed by atoms with van der Waals surface area (Å²) in [6.45, 7) is 0.272. The Hall–Kier alpha value is -2.62. The van der Waals surface area contributed by atoms with Crippen LogP contribution >= 0.6 is 0 Å². The monoisotopic (exact) mass is 296 g/mol. The normalized spacial score (nSPS) is 10.8. The van der Waals surface area contributed by atoms with Crippen LogP contribution in [0.25, 0.3) is 10.9 Å². The van der Waals surface area contributed by atoms with Crippen LogP contribution in [0.2, 0.25) is 0 Å². The van der Waals surface area contributed by atoms with Crippen LogP contribution in [0.5, 0.6) is 0 Å². The van der Waals surface area contributed by atoms with Gasteiger partial charge in [0.05, 0.1) is 6.42 Å². The minimum atomic E-state index is -0.283. The van der Waals surface area contributed by atoms with Crippen molar-refractivity contribution in [3.05, 3.63) is 71.7 Å². The Bertz CT molecular complexity index is 809. The standard InChI is InChI=1S/C18H17FN2O/c1-21(12-13-6-2-4-8-16(13)19)18(22)10-14-11-20-17-9-5-3-7-15(14)17/h2-9,11,20H,10,12H2,1H3. The molecule has 0 saturated carbocycles. The first kappa shape index (κ1) is 14.3. The average Bonchev–Trinajstić information content (AvgIpc) is 2.93. The highest BCUT2D eigenvalue weighted by Gasteiger charge is 2.14. The van der Waals surface area contributed by atoms with Gasteiger partial charge in [-0.2, -0.15) is 0 Å². The van der Waals surface area contributed by atoms with E-state index in [1.165, 1.54) is 6.07 Å². The van der Waals surface area contributed by atoms with E-state index < -0.39 is 0 Å². The second kappa shape index (κ2) is 6.02. The van der Waals surface area contributed by atoms with Gasteiger partial charge in [0.2, 0.25) is 5.91 Å². The summed E-state index contributed by atoms with van der Waals surface area (Å²) in [5.74, 6) is -0.317. The van der Waals surface area contributed by atoms with E-state index in [1.54, 1.807) is 30.1 Å². The van der Waals surface area contributed by atoms with Crippen LogP contribution in [-0.4, -0.2) is 22.8 Å². The number of nitrogens with one attached hydrogen (secondary N) is 1. The topological polar surface area (TPSA) is 36.1 Å². The fourth-order valence-electron chi connectivity index (χ4n) is 2.55. The van der Waals surface area contributed by atoms with Crippen molar-refractivity contribution in [2.75, 3.05) is 7.05 Å². The molecule has 0 fully saturated rings. The highest BCUT2D eigenvalue weighted by Crippen LogP contribution is 2.19. The highest BCUT2D eigenvalue weighted by atomic mass is 19.1. The van der Waals surface area contributed by atoms with Gasteiger partial charge in [-0.1, -0.05) is 36.4 Å². The Morgan fingerprint density at radius 2 is 1.82 bits per heavy atom. The number of nitrogens with zero attached hydrogens (tertiary/aromatic N) is 1. The number of hydrogen-bond donors (Lipinski definition) is 1. The van der Waals surface area contributed by atoms with Gasteiger partial charge in [-0.15, -0.1) is 0 Å². The number of amides is 1. The maximum Gasteiger partial charge on any atom is 0.227 e. The van der Waals surface area contributed by atoms with Gasteiger partial charge in [0.1, 0.15) is 5.82 Å². The third kappa shape index (κ3) is 2.86. The number of fused-ring (bicyclic) bond motifs is 1. The first-order chi connectivity index (χ1) is 10.6. The second-order valence-corrected chi connectivity index (χ2v) is 5.38. The first-order valence-corrected chi connectivity index (χ1v) is 7.17. The molecule has 0 aliphatic rings. The third-order valence-electron chi connectivity index (χ3n) is 3.81. The van der Waals surface area contributed by atoms with Crippen molar-refractivity contribution in [2.45, 2.75) is 13.0 Å². The molecule has 112 valence electrons. The zero-order valence-electron chi connectivity index (χ0n) is 12.3. The summed E-state index contributed by atoms with van der Waals surface area (Å²) in [6, 6.07) is 14.4. The van der Waals surface area contributed by atoms with E-state index in [9.17, 15) is 9.18 Å². The Kier molecular flexibility index (Phi) is 3.92. The lowest BCUT2D eigenvalue weighted by molar-refractivity contribution is -0.129. The molecule has 2 aromatic carbocycles. The Balaban J connectivity index is 1.73. The van der Waals surface area contributed by atoms with Crippen LogP contribution in [0, 0.1) is 5.82 Å². The number of benzene rings is 2. The van der Waals surface area contributed by atoms with E-state index in [0.29, 0.717) is 12.0 Å². The Labute approximate surface area is 128 Å². The van der Waals surface area contributed by atoms with Gasteiger partial charge in [-0.3, -0.25) is 4.79 Å². The predicted molar refractivity (Wildman–Crippen MR) is 84.9 cm³/mol. The number of carbonyl (C=O) groups excluding carboxylic acids is 1. The zero-order valence-corrected chi connectivity index (χ0v) is 12.3. The summed E-state index contributed by atoms with van der Waals surface area (Å²) in [7, 11) is 1.70. The van der Waals surface area contributed by atoms with Crippen LogP contribution in [0.3, 0.4) is 0 Å². The maximum absolute atomic E-state index is 13.7. The van der Waals surface area contributed by atoms with Gasteiger partial charge < -0.3 is 9.88 Å². The number of H-pyrrole nitrogens is 1. The van der Waals surface area contributed by atoms with Gasteiger partial charge in [0.25, 0.3) is 0 Å². The first-order valence-electron chi connectivity index (χ1n) is 7.17. The fraction of sp³-hybridized carbons (Fsp3) is 0.167. The molecule has 22 heavy (non-hydrogen) atoms. The van der Waals surface area contributed by atoms with E-state index in [2.05, 4.69) is 4.98 Å². The molecule has 1 aromatic heterocycles. The molecular formula is C18H17FN2O. The molecule has 1 amide bonds. The van der Waals surface area contributed by atoms with E-state index in [1.807, 2.05) is 30.5 Å². The van der Waals surface area contributed by atoms with Crippen molar-refractivity contribution in [2.24, 2.45) is 0 Å². The molecule has 0 saturated heterocycles. The van der Waals surface area contributed by atoms with E-state index >= 15 is 0 Å². The Morgan fingerprint density at radius 3 is 2.64 bits per heavy atom. The number of aromatic nitrogens is 1. The second-order valence-electron chi connectivity index (χ2n) is 5.38. The van der Waals surface area contributed by atoms with Crippen LogP contribution in [0.4, 0.5) is 4.39 Å². The molecule has 1 heterocycles. The molecular weight excluding hydrogens is 279 g/mol. The molecule has 0 bridgehead atoms. The lowest BCUT2D eigenvalue weighted by atomic mass is 10.1. The van der Waals surface area contributed by atoms with Gasteiger partial charge in [0.15, 0.2) is 0 Å². The van der Waals surface area contributed by atoms with Crippen molar-refractivity contribution in [3.63, 3.8) is 0 Å². The minimum absolute atomic E-state index is 0.0343. The van der Waals surface area contributed by atoms with Gasteiger partial charge >= 0.3 is 0 Å². The molecule has 3 nitrogen and oxygen atoms in total. The van der Waals surface area contributed by atoms with Crippen LogP contribution in [0.1, 0.15) is 11.1 Å². The molecule has 0 aliphatic heterocycles. The summed E-state index contributed by atoms with van der Waals surface area (Å²) in [5.41, 5.74) is 2.50. The minimum Gasteiger partial charge on any atom is -0.361 e. The number of halogens is 1. The van der Waals surface area contributed by atoms with Crippen LogP contribution < -0.4 is 0 Å². The smallest absolute Gasteiger partial charge is 0.227 e. The molecule has 0 aliphatic carbocycles. The van der Waals surface area contributed by atoms with Crippen LogP contribution in [-0.2, 0) is 17.8 Å². The quantitative estimate of drug-likeness (QED) is 0.786. The molecule has 3 aromatic rings. The summed E-state index contributed by atoms with van der Waals surface area (Å²) >= 11 is 0. The lowest BCUT2D eigenvalue weighted by Crippen LogP contribution is -2.28. The molecule has 3 rings (SSSR count). The number of rotatable bonds is 4. The SMILES string of the molecule is CN(Cc1ccccc1F)C(=O)Cc1c[nH]c2ccccc12. The number of carbonyl (C=O) groups is 1. The molecule has 0 spiro atoms. The van der Waals surface area contributed by atoms with Crippen molar-refractivity contribution in [1.82, 2.24) is 9.88 Å². The van der Waals surface area contributed by atoms with E-state index in [0.717, 1.165) is 16.5 Å². The largest absolute Gasteiger partial charge is 0.361 e. The van der Waals surface area contributed by atoms with Crippen molar-refractivity contribution in [3.8, 4) is 0 Å². The molecule has 0 atom stereocenters. The van der Waals surface area contributed by atoms with E-state index in [-0.39, 0.29) is 18.3 Å². The van der Waals surface area contributed by atoms with Gasteiger partial charge in [0, 0.05) is 36.3 Å². The summed E-state index contributed by atoms with van der Waals surface area (Å²) in [4.78, 5) is 17.1. The lowest BCUT2D eigenvalue weighted by Gasteiger charge is -2.17. The van der Waals surface area contributed by atoms with Gasteiger partial charge in [-0.25, -0.2) is 4.39 Å². The average molecular weight is 296 g/mol. The third-order valence-corrected chi connectivity index (χ3v) is 3.81. The molecule has 0 unspecified atom stereocenters. The molecule has 0 radical (unpaired) electrons.